The number of aromatic nitrogens is 9. The van der Waals surface area contributed by atoms with Gasteiger partial charge in [0.25, 0.3) is 0 Å². The number of para-hydroxylation sites is 6. The van der Waals surface area contributed by atoms with E-state index in [1.165, 1.54) is 159 Å². The van der Waals surface area contributed by atoms with E-state index in [0.717, 1.165) is 132 Å². The summed E-state index contributed by atoms with van der Waals surface area (Å²) in [6, 6.07) is 154. The molecule has 9 heterocycles. The second-order valence-electron chi connectivity index (χ2n) is 37.4. The lowest BCUT2D eigenvalue weighted by molar-refractivity contribution is 0.660. The van der Waals surface area contributed by atoms with Gasteiger partial charge in [-0.1, -0.05) is 323 Å². The molecule has 0 saturated heterocycles. The van der Waals surface area contributed by atoms with Crippen LogP contribution in [0.2, 0.25) is 0 Å². The Balaban J connectivity index is 0.000000101. The van der Waals surface area contributed by atoms with Crippen molar-refractivity contribution in [1.29, 1.82) is 0 Å². The largest absolute Gasteiger partial charge is 0.292 e. The van der Waals surface area contributed by atoms with Gasteiger partial charge in [-0.2, -0.15) is 0 Å². The Morgan fingerprint density at radius 1 is 0.188 bits per heavy atom. The quantitative estimate of drug-likeness (QED) is 0.126. The van der Waals surface area contributed by atoms with Crippen LogP contribution >= 0.6 is 0 Å². The maximum atomic E-state index is 5.21. The second-order valence-corrected chi connectivity index (χ2v) is 37.4. The Labute approximate surface area is 790 Å². The van der Waals surface area contributed by atoms with Crippen LogP contribution in [0.1, 0.15) is 25.0 Å². The predicted molar refractivity (Wildman–Crippen MR) is 579 cm³/mol. The summed E-state index contributed by atoms with van der Waals surface area (Å²) in [7, 11) is 0. The number of rotatable bonds is 5. The summed E-state index contributed by atoms with van der Waals surface area (Å²) in [4.78, 5) is 30.1. The standard InChI is InChI=1S/C47H31N3.C46H27N3.C36H21N3/c1-47(2)39-10-4-3-9-35(39)36-20-18-33(26-40(36)47)31-15-13-30-25-32(16-14-29(30)24-31)34-19-21-37-43(27-34)50-42-12-6-5-11-41(42)49-46(50)38-22-17-28-8-7-23-48-45(28)44(37)38;1-2-14-31-28(11-1)12-9-19-32(31)43-35-17-5-3-15-33(35)42(34-16-4-6-18-36(34)43)30-23-24-37-41(27-30)49-40-21-8-7-20-39(40)48-46(49)38-25-22-29-13-10-26-47-45(29)44(37)38;1-2-10-25-23(8-1)20-30(27-12-4-3-11-26(25)27)24-16-17-28-33(21-24)39-32-14-6-5-13-31(32)38-36(39)29-18-15-22-9-7-19-37-35(22)34(28)29/h3-27H,1-2H3;1-27H;1-21H. The van der Waals surface area contributed by atoms with E-state index in [4.69, 9.17) is 29.9 Å². The highest BCUT2D eigenvalue weighted by Gasteiger charge is 2.36. The zero-order valence-corrected chi connectivity index (χ0v) is 75.2. The highest BCUT2D eigenvalue weighted by atomic mass is 15.0. The first kappa shape index (κ1) is 77.4. The van der Waals surface area contributed by atoms with Gasteiger partial charge < -0.3 is 0 Å². The number of fused-ring (bicyclic) bond motifs is 40. The fourth-order valence-corrected chi connectivity index (χ4v) is 23.4. The van der Waals surface area contributed by atoms with E-state index in [-0.39, 0.29) is 5.41 Å². The molecular weight excluding hydrogens is 1680 g/mol. The van der Waals surface area contributed by atoms with E-state index in [9.17, 15) is 0 Å². The van der Waals surface area contributed by atoms with E-state index < -0.39 is 0 Å². The van der Waals surface area contributed by atoms with Crippen LogP contribution in [0.3, 0.4) is 0 Å². The van der Waals surface area contributed by atoms with Gasteiger partial charge in [-0.05, 0) is 258 Å². The minimum absolute atomic E-state index is 0.0159. The number of pyridine rings is 6. The molecule has 0 saturated carbocycles. The zero-order valence-electron chi connectivity index (χ0n) is 75.2. The van der Waals surface area contributed by atoms with Gasteiger partial charge in [0.2, 0.25) is 0 Å². The monoisotopic (exact) mass is 1750 g/mol. The molecule has 0 N–H and O–H groups in total. The van der Waals surface area contributed by atoms with Crippen molar-refractivity contribution >= 4 is 212 Å². The molecule has 0 unspecified atom stereocenters. The first-order valence-electron chi connectivity index (χ1n) is 47.3. The van der Waals surface area contributed by atoms with Crippen molar-refractivity contribution in [1.82, 2.24) is 43.1 Å². The fourth-order valence-electron chi connectivity index (χ4n) is 23.4. The van der Waals surface area contributed by atoms with Crippen molar-refractivity contribution in [2.45, 2.75) is 19.3 Å². The first-order valence-corrected chi connectivity index (χ1v) is 47.3. The molecule has 0 spiro atoms. The molecule has 0 fully saturated rings. The molecule has 0 bridgehead atoms. The number of benzene rings is 21. The van der Waals surface area contributed by atoms with Crippen molar-refractivity contribution in [3.63, 3.8) is 0 Å². The van der Waals surface area contributed by atoms with E-state index in [0.29, 0.717) is 0 Å². The Morgan fingerprint density at radius 2 is 0.543 bits per heavy atom. The van der Waals surface area contributed by atoms with Gasteiger partial charge in [-0.3, -0.25) is 28.2 Å². The van der Waals surface area contributed by atoms with Crippen LogP contribution in [-0.2, 0) is 5.41 Å². The molecule has 0 amide bonds. The highest BCUT2D eigenvalue weighted by Crippen LogP contribution is 2.52. The van der Waals surface area contributed by atoms with Gasteiger partial charge in [0.15, 0.2) is 0 Å². The number of imidazole rings is 3. The summed E-state index contributed by atoms with van der Waals surface area (Å²) < 4.78 is 7.00. The molecule has 1 aliphatic carbocycles. The van der Waals surface area contributed by atoms with E-state index in [2.05, 4.69) is 433 Å². The lowest BCUT2D eigenvalue weighted by Crippen LogP contribution is -2.14. The van der Waals surface area contributed by atoms with Gasteiger partial charge in [0.1, 0.15) is 16.9 Å². The van der Waals surface area contributed by atoms with Crippen LogP contribution < -0.4 is 0 Å². The highest BCUT2D eigenvalue weighted by molar-refractivity contribution is 6.29. The van der Waals surface area contributed by atoms with Crippen LogP contribution in [0.15, 0.2) is 443 Å². The summed E-state index contributed by atoms with van der Waals surface area (Å²) in [6.45, 7) is 4.69. The van der Waals surface area contributed by atoms with Gasteiger partial charge in [-0.25, -0.2) is 15.0 Å². The molecule has 0 radical (unpaired) electrons. The molecule has 0 atom stereocenters. The summed E-state index contributed by atoms with van der Waals surface area (Å²) in [5.74, 6) is 0. The molecule has 138 heavy (non-hydrogen) atoms. The Morgan fingerprint density at radius 3 is 1.08 bits per heavy atom. The molecule has 9 aromatic heterocycles. The van der Waals surface area contributed by atoms with Crippen LogP contribution in [-0.4, -0.2) is 43.1 Å². The zero-order chi connectivity index (χ0) is 90.7. The minimum atomic E-state index is -0.0159. The number of hydrogen-bond donors (Lipinski definition) is 0. The van der Waals surface area contributed by atoms with E-state index in [1.54, 1.807) is 0 Å². The SMILES string of the molecule is CC1(C)c2ccccc2-c2ccc(-c3ccc4cc(-c5ccc6c7c(ccc8cccnc87)c7nc8ccccc8n7c6c5)ccc4c3)cc21.c1ccc2c(-c3c4ccccc4c(-c4ccc5c6c(ccc7cccnc76)c6nc7ccccc7n6c5c4)c4ccccc34)cccc2c1.c1ccc2c(c1)cc(-c1ccc3c4c(ccc5cccnc54)c4nc5ccccc5n4c3c1)c1ccccc12. The normalized spacial score (nSPS) is 12.6. The van der Waals surface area contributed by atoms with Gasteiger partial charge in [0.05, 0.1) is 66.2 Å². The summed E-state index contributed by atoms with van der Waals surface area (Å²) in [6.07, 6.45) is 5.67. The van der Waals surface area contributed by atoms with Crippen molar-refractivity contribution in [2.24, 2.45) is 0 Å². The average Bonchev–Trinajstić information content (AvgIpc) is 1.22. The van der Waals surface area contributed by atoms with Crippen LogP contribution in [0.25, 0.3) is 279 Å². The van der Waals surface area contributed by atoms with Crippen LogP contribution in [0.4, 0.5) is 0 Å². The van der Waals surface area contributed by atoms with Gasteiger partial charge in [0, 0.05) is 88.6 Å². The predicted octanol–water partition coefficient (Wildman–Crippen LogP) is 33.6. The second kappa shape index (κ2) is 29.9. The topological polar surface area (TPSA) is 90.6 Å². The lowest BCUT2D eigenvalue weighted by Gasteiger charge is -2.22. The molecule has 640 valence electrons. The Kier molecular flexibility index (Phi) is 16.8. The molecule has 0 aliphatic heterocycles. The van der Waals surface area contributed by atoms with Gasteiger partial charge in [-0.15, -0.1) is 0 Å². The van der Waals surface area contributed by atoms with Crippen LogP contribution in [0.5, 0.6) is 0 Å². The van der Waals surface area contributed by atoms with Crippen molar-refractivity contribution in [3.8, 4) is 66.8 Å². The third-order valence-corrected chi connectivity index (χ3v) is 29.7. The maximum Gasteiger partial charge on any atom is 0.146 e. The molecule has 30 aromatic rings. The molecule has 1 aliphatic rings. The Hall–Kier alpha value is -18.2. The maximum absolute atomic E-state index is 5.21. The van der Waals surface area contributed by atoms with Crippen molar-refractivity contribution < 1.29 is 0 Å². The average molecular weight is 1760 g/mol. The lowest BCUT2D eigenvalue weighted by atomic mass is 9.81. The molecule has 9 heteroatoms. The molecule has 21 aromatic carbocycles. The van der Waals surface area contributed by atoms with Crippen LogP contribution in [0, 0.1) is 0 Å². The summed E-state index contributed by atoms with van der Waals surface area (Å²) in [5.41, 5.74) is 33.4. The molecular formula is C129H79N9. The fraction of sp³-hybridized carbons (Fsp3) is 0.0233. The Bertz CT molecular complexity index is 10500. The molecule has 9 nitrogen and oxygen atoms in total. The van der Waals surface area contributed by atoms with Gasteiger partial charge >= 0.3 is 0 Å². The van der Waals surface area contributed by atoms with E-state index >= 15 is 0 Å². The van der Waals surface area contributed by atoms with Crippen molar-refractivity contribution in [2.75, 3.05) is 0 Å². The van der Waals surface area contributed by atoms with Crippen molar-refractivity contribution in [3.05, 3.63) is 454 Å². The van der Waals surface area contributed by atoms with E-state index in [1.807, 2.05) is 36.8 Å². The molecule has 31 rings (SSSR count). The summed E-state index contributed by atoms with van der Waals surface area (Å²) >= 11 is 0. The third kappa shape index (κ3) is 11.6. The first-order chi connectivity index (χ1) is 68.2. The number of nitrogens with zero attached hydrogens (tertiary/aromatic N) is 9. The smallest absolute Gasteiger partial charge is 0.146 e. The third-order valence-electron chi connectivity index (χ3n) is 29.7. The minimum Gasteiger partial charge on any atom is -0.292 e. The number of hydrogen-bond acceptors (Lipinski definition) is 6. The summed E-state index contributed by atoms with van der Waals surface area (Å²) in [5, 5.41) is 28.7.